The van der Waals surface area contributed by atoms with Crippen LogP contribution in [0.4, 0.5) is 5.69 Å². The van der Waals surface area contributed by atoms with Gasteiger partial charge < -0.3 is 0 Å². The molecule has 0 atom stereocenters. The van der Waals surface area contributed by atoms with E-state index in [1.165, 1.54) is 42.7 Å². The number of benzene rings is 1. The van der Waals surface area contributed by atoms with E-state index in [-0.39, 0.29) is 0 Å². The Morgan fingerprint density at radius 3 is 2.94 bits per heavy atom. The number of aliphatic imine (C=N–C) groups is 1. The summed E-state index contributed by atoms with van der Waals surface area (Å²) in [6.07, 6.45) is 5.74. The molecule has 2 aliphatic heterocycles. The number of hydrogen-bond acceptors (Lipinski definition) is 2. The van der Waals surface area contributed by atoms with Crippen LogP contribution in [0.1, 0.15) is 30.9 Å². The maximum atomic E-state index is 4.36. The van der Waals surface area contributed by atoms with Crippen LogP contribution in [-0.2, 0) is 13.0 Å². The molecule has 1 aromatic rings. The summed E-state index contributed by atoms with van der Waals surface area (Å²) in [4.78, 5) is 6.94. The monoisotopic (exact) mass is 228 g/mol. The third-order valence-corrected chi connectivity index (χ3v) is 3.97. The molecule has 2 nitrogen and oxygen atoms in total. The highest BCUT2D eigenvalue weighted by Crippen LogP contribution is 2.26. The number of rotatable bonds is 2. The molecule has 0 bridgehead atoms. The maximum absolute atomic E-state index is 4.36. The topological polar surface area (TPSA) is 15.6 Å². The molecule has 2 heteroatoms. The minimum Gasteiger partial charge on any atom is -0.299 e. The molecule has 1 aromatic carbocycles. The van der Waals surface area contributed by atoms with Gasteiger partial charge in [0.25, 0.3) is 0 Å². The number of likely N-dealkylation sites (tertiary alicyclic amines) is 1. The van der Waals surface area contributed by atoms with E-state index in [2.05, 4.69) is 35.0 Å². The standard InChI is InChI=1S/C15H20N2/c1-12-5-8-17(9-6-12)11-13-2-3-15-14(10-13)4-7-16-15/h2-3,7,10,12H,4-6,8-9,11H2,1H3. The molecule has 0 N–H and O–H groups in total. The van der Waals surface area contributed by atoms with Crippen LogP contribution in [0, 0.1) is 5.92 Å². The molecule has 0 aliphatic carbocycles. The van der Waals surface area contributed by atoms with Crippen LogP contribution in [0.3, 0.4) is 0 Å². The fourth-order valence-electron chi connectivity index (χ4n) is 2.75. The third-order valence-electron chi connectivity index (χ3n) is 3.97. The van der Waals surface area contributed by atoms with E-state index in [0.717, 1.165) is 18.9 Å². The average Bonchev–Trinajstić information content (AvgIpc) is 2.79. The minimum atomic E-state index is 0.916. The van der Waals surface area contributed by atoms with Gasteiger partial charge in [-0.05, 0) is 49.0 Å². The Kier molecular flexibility index (Phi) is 2.98. The van der Waals surface area contributed by atoms with E-state index in [1.807, 2.05) is 6.21 Å². The predicted octanol–water partition coefficient (Wildman–Crippen LogP) is 3.18. The summed E-state index contributed by atoms with van der Waals surface area (Å²) >= 11 is 0. The number of nitrogens with zero attached hydrogens (tertiary/aromatic N) is 2. The Morgan fingerprint density at radius 2 is 2.12 bits per heavy atom. The average molecular weight is 228 g/mol. The van der Waals surface area contributed by atoms with Crippen LogP contribution in [0.25, 0.3) is 0 Å². The van der Waals surface area contributed by atoms with Gasteiger partial charge in [0, 0.05) is 19.2 Å². The van der Waals surface area contributed by atoms with Crippen molar-refractivity contribution in [3.05, 3.63) is 29.3 Å². The Morgan fingerprint density at radius 1 is 1.29 bits per heavy atom. The second-order valence-corrected chi connectivity index (χ2v) is 5.44. The fraction of sp³-hybridized carbons (Fsp3) is 0.533. The Balaban J connectivity index is 1.66. The van der Waals surface area contributed by atoms with Gasteiger partial charge in [0.2, 0.25) is 0 Å². The van der Waals surface area contributed by atoms with E-state index >= 15 is 0 Å². The van der Waals surface area contributed by atoms with E-state index in [4.69, 9.17) is 0 Å². The van der Waals surface area contributed by atoms with Crippen molar-refractivity contribution in [2.24, 2.45) is 10.9 Å². The second-order valence-electron chi connectivity index (χ2n) is 5.44. The minimum absolute atomic E-state index is 0.916. The lowest BCUT2D eigenvalue weighted by atomic mass is 9.98. The number of piperidine rings is 1. The molecule has 0 amide bonds. The zero-order valence-corrected chi connectivity index (χ0v) is 10.5. The van der Waals surface area contributed by atoms with Gasteiger partial charge >= 0.3 is 0 Å². The molecule has 2 aliphatic rings. The summed E-state index contributed by atoms with van der Waals surface area (Å²) in [5.74, 6) is 0.916. The highest BCUT2D eigenvalue weighted by atomic mass is 15.1. The summed E-state index contributed by atoms with van der Waals surface area (Å²) in [5, 5.41) is 0. The first-order chi connectivity index (χ1) is 8.31. The Hall–Kier alpha value is -1.15. The first-order valence-corrected chi connectivity index (χ1v) is 6.68. The van der Waals surface area contributed by atoms with Crippen molar-refractivity contribution in [1.82, 2.24) is 4.90 Å². The van der Waals surface area contributed by atoms with Gasteiger partial charge in [0.1, 0.15) is 0 Å². The molecule has 0 saturated carbocycles. The largest absolute Gasteiger partial charge is 0.299 e. The first kappa shape index (κ1) is 11.0. The van der Waals surface area contributed by atoms with Gasteiger partial charge in [0.15, 0.2) is 0 Å². The second kappa shape index (κ2) is 4.61. The summed E-state index contributed by atoms with van der Waals surface area (Å²) in [6, 6.07) is 6.74. The van der Waals surface area contributed by atoms with Gasteiger partial charge in [-0.3, -0.25) is 9.89 Å². The predicted molar refractivity (Wildman–Crippen MR) is 72.0 cm³/mol. The summed E-state index contributed by atoms with van der Waals surface area (Å²) < 4.78 is 0. The molecule has 0 radical (unpaired) electrons. The lowest BCUT2D eigenvalue weighted by Gasteiger charge is -2.30. The summed E-state index contributed by atoms with van der Waals surface area (Å²) in [7, 11) is 0. The van der Waals surface area contributed by atoms with Crippen molar-refractivity contribution < 1.29 is 0 Å². The first-order valence-electron chi connectivity index (χ1n) is 6.68. The van der Waals surface area contributed by atoms with E-state index in [0.29, 0.717) is 0 Å². The molecule has 3 rings (SSSR count). The normalized spacial score (nSPS) is 20.8. The van der Waals surface area contributed by atoms with Gasteiger partial charge in [-0.15, -0.1) is 0 Å². The quantitative estimate of drug-likeness (QED) is 0.759. The smallest absolute Gasteiger partial charge is 0.0661 e. The number of fused-ring (bicyclic) bond motifs is 1. The molecule has 1 saturated heterocycles. The Bertz CT molecular complexity index is 429. The van der Waals surface area contributed by atoms with Gasteiger partial charge in [-0.1, -0.05) is 19.1 Å². The van der Waals surface area contributed by atoms with Gasteiger partial charge in [-0.2, -0.15) is 0 Å². The van der Waals surface area contributed by atoms with Crippen LogP contribution in [0.5, 0.6) is 0 Å². The van der Waals surface area contributed by atoms with Crippen LogP contribution in [0.15, 0.2) is 23.2 Å². The lowest BCUT2D eigenvalue weighted by Crippen LogP contribution is -2.32. The molecular formula is C15H20N2. The van der Waals surface area contributed by atoms with Crippen molar-refractivity contribution in [1.29, 1.82) is 0 Å². The van der Waals surface area contributed by atoms with Gasteiger partial charge in [-0.25, -0.2) is 0 Å². The molecule has 1 fully saturated rings. The lowest BCUT2D eigenvalue weighted by molar-refractivity contribution is 0.185. The molecule has 0 unspecified atom stereocenters. The van der Waals surface area contributed by atoms with Crippen molar-refractivity contribution in [2.45, 2.75) is 32.7 Å². The summed E-state index contributed by atoms with van der Waals surface area (Å²) in [5.41, 5.74) is 4.01. The van der Waals surface area contributed by atoms with Crippen LogP contribution >= 0.6 is 0 Å². The van der Waals surface area contributed by atoms with Crippen LogP contribution in [-0.4, -0.2) is 24.2 Å². The van der Waals surface area contributed by atoms with Crippen molar-refractivity contribution in [3.63, 3.8) is 0 Å². The third kappa shape index (κ3) is 2.42. The summed E-state index contributed by atoms with van der Waals surface area (Å²) in [6.45, 7) is 5.99. The van der Waals surface area contributed by atoms with Crippen LogP contribution < -0.4 is 0 Å². The van der Waals surface area contributed by atoms with Crippen molar-refractivity contribution in [3.8, 4) is 0 Å². The molecule has 90 valence electrons. The highest BCUT2D eigenvalue weighted by Gasteiger charge is 2.16. The highest BCUT2D eigenvalue weighted by molar-refractivity contribution is 5.75. The Labute approximate surface area is 103 Å². The zero-order chi connectivity index (χ0) is 11.7. The molecule has 17 heavy (non-hydrogen) atoms. The van der Waals surface area contributed by atoms with E-state index in [1.54, 1.807) is 0 Å². The molecule has 2 heterocycles. The van der Waals surface area contributed by atoms with Crippen molar-refractivity contribution >= 4 is 11.9 Å². The van der Waals surface area contributed by atoms with Crippen molar-refractivity contribution in [2.75, 3.05) is 13.1 Å². The number of hydrogen-bond donors (Lipinski definition) is 0. The maximum Gasteiger partial charge on any atom is 0.0661 e. The molecular weight excluding hydrogens is 208 g/mol. The fourth-order valence-corrected chi connectivity index (χ4v) is 2.75. The van der Waals surface area contributed by atoms with Gasteiger partial charge in [0.05, 0.1) is 5.69 Å². The zero-order valence-electron chi connectivity index (χ0n) is 10.5. The molecule has 0 spiro atoms. The van der Waals surface area contributed by atoms with E-state index < -0.39 is 0 Å². The molecule has 0 aromatic heterocycles. The SMILES string of the molecule is CC1CCN(Cc2ccc3c(c2)CC=N3)CC1. The van der Waals surface area contributed by atoms with E-state index in [9.17, 15) is 0 Å². The van der Waals surface area contributed by atoms with Crippen LogP contribution in [0.2, 0.25) is 0 Å².